The molecule has 2 aromatic rings. The summed E-state index contributed by atoms with van der Waals surface area (Å²) in [6.07, 6.45) is 0.877. The molecule has 0 aromatic heterocycles. The summed E-state index contributed by atoms with van der Waals surface area (Å²) in [6.45, 7) is 7.28. The first-order valence-corrected chi connectivity index (χ1v) is 10.8. The summed E-state index contributed by atoms with van der Waals surface area (Å²) < 4.78 is 0. The van der Waals surface area contributed by atoms with Gasteiger partial charge in [0, 0.05) is 38.4 Å². The molecule has 160 valence electrons. The zero-order valence-electron chi connectivity index (χ0n) is 17.3. The van der Waals surface area contributed by atoms with Gasteiger partial charge in [0.2, 0.25) is 5.91 Å². The van der Waals surface area contributed by atoms with Crippen LogP contribution in [-0.4, -0.2) is 62.0 Å². The molecule has 1 atom stereocenters. The highest BCUT2D eigenvalue weighted by atomic mass is 35.5. The summed E-state index contributed by atoms with van der Waals surface area (Å²) in [5, 5.41) is 5.97. The van der Waals surface area contributed by atoms with Gasteiger partial charge in [-0.25, -0.2) is 0 Å². The molecule has 0 aliphatic carbocycles. The predicted molar refractivity (Wildman–Crippen MR) is 121 cm³/mol. The second kappa shape index (κ2) is 11.0. The number of halogens is 1. The van der Waals surface area contributed by atoms with Gasteiger partial charge in [0.1, 0.15) is 6.04 Å². The molecule has 1 aliphatic heterocycles. The van der Waals surface area contributed by atoms with Crippen LogP contribution in [0.25, 0.3) is 0 Å². The Morgan fingerprint density at radius 2 is 1.67 bits per heavy atom. The molecular weight excluding hydrogens is 400 g/mol. The molecule has 0 saturated carbocycles. The van der Waals surface area contributed by atoms with Gasteiger partial charge >= 0.3 is 0 Å². The molecule has 0 radical (unpaired) electrons. The van der Waals surface area contributed by atoms with E-state index < -0.39 is 6.04 Å². The van der Waals surface area contributed by atoms with E-state index in [1.165, 1.54) is 5.69 Å². The lowest BCUT2D eigenvalue weighted by Crippen LogP contribution is -2.48. The Labute approximate surface area is 183 Å². The standard InChI is InChI=1S/C23H29ClN4O2/c1-18(26-23(30)20-10-5-6-11-21(20)24)22(29)25-12-7-13-27-14-16-28(17-15-27)19-8-3-2-4-9-19/h2-6,8-11,18H,7,12-17H2,1H3,(H,25,29)(H,26,30). The first-order valence-electron chi connectivity index (χ1n) is 10.4. The van der Waals surface area contributed by atoms with Crippen molar-refractivity contribution in [2.75, 3.05) is 44.2 Å². The Morgan fingerprint density at radius 3 is 2.37 bits per heavy atom. The van der Waals surface area contributed by atoms with Crippen LogP contribution in [0, 0.1) is 0 Å². The SMILES string of the molecule is CC(NC(=O)c1ccccc1Cl)C(=O)NCCCN1CCN(c2ccccc2)CC1. The fourth-order valence-corrected chi connectivity index (χ4v) is 3.74. The number of carbonyl (C=O) groups excluding carboxylic acids is 2. The number of nitrogens with one attached hydrogen (secondary N) is 2. The van der Waals surface area contributed by atoms with Crippen molar-refractivity contribution < 1.29 is 9.59 Å². The maximum Gasteiger partial charge on any atom is 0.253 e. The van der Waals surface area contributed by atoms with E-state index in [-0.39, 0.29) is 11.8 Å². The van der Waals surface area contributed by atoms with E-state index in [0.29, 0.717) is 17.1 Å². The summed E-state index contributed by atoms with van der Waals surface area (Å²) in [5.41, 5.74) is 1.64. The van der Waals surface area contributed by atoms with Crippen LogP contribution < -0.4 is 15.5 Å². The van der Waals surface area contributed by atoms with Crippen LogP contribution in [0.1, 0.15) is 23.7 Å². The second-order valence-corrected chi connectivity index (χ2v) is 7.89. The highest BCUT2D eigenvalue weighted by Crippen LogP contribution is 2.16. The Balaban J connectivity index is 1.32. The third-order valence-corrected chi connectivity index (χ3v) is 5.63. The number of amides is 2. The van der Waals surface area contributed by atoms with Crippen LogP contribution in [0.3, 0.4) is 0 Å². The van der Waals surface area contributed by atoms with Crippen LogP contribution in [-0.2, 0) is 4.79 Å². The van der Waals surface area contributed by atoms with Gasteiger partial charge in [-0.1, -0.05) is 41.9 Å². The Morgan fingerprint density at radius 1 is 1.00 bits per heavy atom. The topological polar surface area (TPSA) is 64.7 Å². The maximum atomic E-state index is 12.3. The summed E-state index contributed by atoms with van der Waals surface area (Å²) in [4.78, 5) is 29.4. The molecule has 2 amide bonds. The van der Waals surface area contributed by atoms with Gasteiger partial charge in [0.05, 0.1) is 10.6 Å². The van der Waals surface area contributed by atoms with E-state index in [0.717, 1.165) is 39.1 Å². The van der Waals surface area contributed by atoms with Crippen molar-refractivity contribution in [3.63, 3.8) is 0 Å². The molecule has 1 heterocycles. The third kappa shape index (κ3) is 6.21. The number of piperazine rings is 1. The average molecular weight is 429 g/mol. The Bertz CT molecular complexity index is 838. The molecule has 30 heavy (non-hydrogen) atoms. The highest BCUT2D eigenvalue weighted by molar-refractivity contribution is 6.33. The molecular formula is C23H29ClN4O2. The van der Waals surface area contributed by atoms with Gasteiger partial charge < -0.3 is 15.5 Å². The van der Waals surface area contributed by atoms with E-state index in [1.807, 2.05) is 6.07 Å². The van der Waals surface area contributed by atoms with E-state index >= 15 is 0 Å². The number of anilines is 1. The molecule has 7 heteroatoms. The third-order valence-electron chi connectivity index (χ3n) is 5.30. The lowest BCUT2D eigenvalue weighted by Gasteiger charge is -2.36. The molecule has 0 bridgehead atoms. The number of para-hydroxylation sites is 1. The zero-order valence-corrected chi connectivity index (χ0v) is 18.1. The van der Waals surface area contributed by atoms with Crippen molar-refractivity contribution in [1.29, 1.82) is 0 Å². The molecule has 0 spiro atoms. The summed E-state index contributed by atoms with van der Waals surface area (Å²) in [7, 11) is 0. The Hall–Kier alpha value is -2.57. The fraction of sp³-hybridized carbons (Fsp3) is 0.391. The molecule has 1 fully saturated rings. The average Bonchev–Trinajstić information content (AvgIpc) is 2.77. The lowest BCUT2D eigenvalue weighted by atomic mass is 10.2. The Kier molecular flexibility index (Phi) is 8.11. The fourth-order valence-electron chi connectivity index (χ4n) is 3.52. The van der Waals surface area contributed by atoms with Crippen LogP contribution in [0.5, 0.6) is 0 Å². The number of benzene rings is 2. The molecule has 1 aliphatic rings. The van der Waals surface area contributed by atoms with Crippen molar-refractivity contribution in [3.05, 3.63) is 65.2 Å². The maximum absolute atomic E-state index is 12.3. The van der Waals surface area contributed by atoms with E-state index in [4.69, 9.17) is 11.6 Å². The molecule has 1 unspecified atom stereocenters. The summed E-state index contributed by atoms with van der Waals surface area (Å²) >= 11 is 6.03. The molecule has 1 saturated heterocycles. The quantitative estimate of drug-likeness (QED) is 0.634. The van der Waals surface area contributed by atoms with Gasteiger partial charge in [-0.3, -0.25) is 14.5 Å². The largest absolute Gasteiger partial charge is 0.369 e. The summed E-state index contributed by atoms with van der Waals surface area (Å²) in [6, 6.07) is 16.7. The van der Waals surface area contributed by atoms with Crippen LogP contribution in [0.4, 0.5) is 5.69 Å². The zero-order chi connectivity index (χ0) is 21.3. The van der Waals surface area contributed by atoms with Gasteiger partial charge in [-0.15, -0.1) is 0 Å². The highest BCUT2D eigenvalue weighted by Gasteiger charge is 2.19. The van der Waals surface area contributed by atoms with Crippen molar-refractivity contribution >= 4 is 29.1 Å². The summed E-state index contributed by atoms with van der Waals surface area (Å²) in [5.74, 6) is -0.538. The molecule has 3 rings (SSSR count). The van der Waals surface area contributed by atoms with E-state index in [2.05, 4.69) is 44.7 Å². The van der Waals surface area contributed by atoms with Crippen molar-refractivity contribution in [1.82, 2.24) is 15.5 Å². The van der Waals surface area contributed by atoms with Crippen molar-refractivity contribution in [2.45, 2.75) is 19.4 Å². The van der Waals surface area contributed by atoms with Crippen molar-refractivity contribution in [3.8, 4) is 0 Å². The minimum Gasteiger partial charge on any atom is -0.369 e. The molecule has 2 aromatic carbocycles. The van der Waals surface area contributed by atoms with E-state index in [1.54, 1.807) is 31.2 Å². The van der Waals surface area contributed by atoms with Crippen LogP contribution in [0.15, 0.2) is 54.6 Å². The second-order valence-electron chi connectivity index (χ2n) is 7.48. The number of hydrogen-bond donors (Lipinski definition) is 2. The minimum absolute atomic E-state index is 0.190. The van der Waals surface area contributed by atoms with Gasteiger partial charge in [0.25, 0.3) is 5.91 Å². The van der Waals surface area contributed by atoms with Crippen molar-refractivity contribution in [2.24, 2.45) is 0 Å². The normalized spacial score (nSPS) is 15.5. The molecule has 2 N–H and O–H groups in total. The lowest BCUT2D eigenvalue weighted by molar-refractivity contribution is -0.122. The number of rotatable bonds is 8. The predicted octanol–water partition coefficient (Wildman–Crippen LogP) is 2.79. The molecule has 6 nitrogen and oxygen atoms in total. The smallest absolute Gasteiger partial charge is 0.253 e. The van der Waals surface area contributed by atoms with Crippen LogP contribution in [0.2, 0.25) is 5.02 Å². The number of carbonyl (C=O) groups is 2. The first-order chi connectivity index (χ1) is 14.5. The van der Waals surface area contributed by atoms with Gasteiger partial charge in [-0.2, -0.15) is 0 Å². The number of nitrogens with zero attached hydrogens (tertiary/aromatic N) is 2. The van der Waals surface area contributed by atoms with E-state index in [9.17, 15) is 9.59 Å². The van der Waals surface area contributed by atoms with Gasteiger partial charge in [0.15, 0.2) is 0 Å². The van der Waals surface area contributed by atoms with Gasteiger partial charge in [-0.05, 0) is 44.2 Å². The first kappa shape index (κ1) is 22.1. The minimum atomic E-state index is -0.622. The monoisotopic (exact) mass is 428 g/mol. The number of hydrogen-bond acceptors (Lipinski definition) is 4. The van der Waals surface area contributed by atoms with Crippen LogP contribution >= 0.6 is 11.6 Å².